The van der Waals surface area contributed by atoms with Crippen LogP contribution in [-0.4, -0.2) is 25.8 Å². The van der Waals surface area contributed by atoms with Gasteiger partial charge in [-0.05, 0) is 24.7 Å². The Balaban J connectivity index is 2.45. The summed E-state index contributed by atoms with van der Waals surface area (Å²) in [6.45, 7) is 0.875. The van der Waals surface area contributed by atoms with E-state index in [2.05, 4.69) is 22.8 Å². The molecule has 0 saturated carbocycles. The maximum atomic E-state index is 11.0. The minimum absolute atomic E-state index is 0.0549. The Kier molecular flexibility index (Phi) is 5.21. The van der Waals surface area contributed by atoms with E-state index in [1.165, 1.54) is 5.56 Å². The Labute approximate surface area is 94.6 Å². The molecule has 4 heteroatoms. The third-order valence-electron chi connectivity index (χ3n) is 1.95. The molecule has 2 N–H and O–H groups in total. The minimum Gasteiger partial charge on any atom is -0.358 e. The van der Waals surface area contributed by atoms with Crippen LogP contribution >= 0.6 is 11.8 Å². The molecule has 0 unspecified atom stereocenters. The fourth-order valence-corrected chi connectivity index (χ4v) is 1.90. The van der Waals surface area contributed by atoms with Gasteiger partial charge < -0.3 is 10.6 Å². The number of carbonyl (C=O) groups is 1. The highest BCUT2D eigenvalue weighted by molar-refractivity contribution is 8.00. The van der Waals surface area contributed by atoms with E-state index < -0.39 is 0 Å². The monoisotopic (exact) mass is 224 g/mol. The Hall–Kier alpha value is -1.00. The van der Waals surface area contributed by atoms with Crippen LogP contribution in [0, 0.1) is 0 Å². The lowest BCUT2D eigenvalue weighted by Gasteiger charge is -2.03. The van der Waals surface area contributed by atoms with Crippen molar-refractivity contribution in [2.75, 3.05) is 19.8 Å². The van der Waals surface area contributed by atoms with Crippen molar-refractivity contribution in [1.82, 2.24) is 10.6 Å². The third-order valence-corrected chi connectivity index (χ3v) is 2.97. The molecular weight excluding hydrogens is 208 g/mol. The van der Waals surface area contributed by atoms with E-state index >= 15 is 0 Å². The molecule has 0 heterocycles. The number of carbonyl (C=O) groups excluding carboxylic acids is 1. The lowest BCUT2D eigenvalue weighted by molar-refractivity contribution is -0.118. The summed E-state index contributed by atoms with van der Waals surface area (Å²) < 4.78 is 0. The molecule has 1 aromatic carbocycles. The molecule has 0 aromatic heterocycles. The zero-order valence-corrected chi connectivity index (χ0v) is 9.86. The second-order valence-electron chi connectivity index (χ2n) is 3.14. The summed E-state index contributed by atoms with van der Waals surface area (Å²) in [5.41, 5.74) is 1.25. The highest BCUT2D eigenvalue weighted by Gasteiger charge is 1.99. The van der Waals surface area contributed by atoms with E-state index in [0.29, 0.717) is 5.75 Å². The molecule has 3 nitrogen and oxygen atoms in total. The zero-order valence-electron chi connectivity index (χ0n) is 9.04. The number of hydrogen-bond donors (Lipinski definition) is 2. The number of thioether (sulfide) groups is 1. The third kappa shape index (κ3) is 4.36. The van der Waals surface area contributed by atoms with Crippen LogP contribution in [0.25, 0.3) is 0 Å². The number of amides is 1. The molecule has 0 bridgehead atoms. The van der Waals surface area contributed by atoms with Gasteiger partial charge in [-0.15, -0.1) is 11.8 Å². The van der Waals surface area contributed by atoms with Crippen molar-refractivity contribution in [1.29, 1.82) is 0 Å². The molecule has 0 spiro atoms. The first-order chi connectivity index (χ1) is 7.26. The van der Waals surface area contributed by atoms with E-state index in [9.17, 15) is 4.79 Å². The summed E-state index contributed by atoms with van der Waals surface area (Å²) in [5.74, 6) is 0.529. The quantitative estimate of drug-likeness (QED) is 0.739. The van der Waals surface area contributed by atoms with Gasteiger partial charge in [0.1, 0.15) is 0 Å². The lowest BCUT2D eigenvalue weighted by atomic mass is 10.2. The maximum absolute atomic E-state index is 11.0. The van der Waals surface area contributed by atoms with Gasteiger partial charge in [0.2, 0.25) is 5.91 Å². The molecule has 15 heavy (non-hydrogen) atoms. The number of rotatable bonds is 5. The Morgan fingerprint density at radius 1 is 1.27 bits per heavy atom. The average Bonchev–Trinajstić information content (AvgIpc) is 2.28. The van der Waals surface area contributed by atoms with Gasteiger partial charge in [0.25, 0.3) is 0 Å². The van der Waals surface area contributed by atoms with Crippen LogP contribution in [0.4, 0.5) is 0 Å². The van der Waals surface area contributed by atoms with E-state index in [4.69, 9.17) is 0 Å². The minimum atomic E-state index is 0.0549. The van der Waals surface area contributed by atoms with E-state index in [1.807, 2.05) is 19.2 Å². The van der Waals surface area contributed by atoms with Crippen molar-refractivity contribution in [3.05, 3.63) is 29.8 Å². The average molecular weight is 224 g/mol. The first-order valence-electron chi connectivity index (χ1n) is 4.83. The molecule has 0 fully saturated rings. The number of nitrogens with one attached hydrogen (secondary N) is 2. The Morgan fingerprint density at radius 2 is 1.93 bits per heavy atom. The first-order valence-corrected chi connectivity index (χ1v) is 5.81. The van der Waals surface area contributed by atoms with Crippen LogP contribution in [-0.2, 0) is 11.3 Å². The van der Waals surface area contributed by atoms with Crippen molar-refractivity contribution >= 4 is 17.7 Å². The van der Waals surface area contributed by atoms with Gasteiger partial charge in [-0.2, -0.15) is 0 Å². The SMILES string of the molecule is CNCc1ccc(SCC(=O)NC)cc1. The fraction of sp³-hybridized carbons (Fsp3) is 0.364. The van der Waals surface area contributed by atoms with Gasteiger partial charge in [-0.1, -0.05) is 12.1 Å². The van der Waals surface area contributed by atoms with Gasteiger partial charge in [0, 0.05) is 18.5 Å². The predicted molar refractivity (Wildman–Crippen MR) is 64.0 cm³/mol. The molecule has 0 aliphatic heterocycles. The molecule has 0 saturated heterocycles. The summed E-state index contributed by atoms with van der Waals surface area (Å²) in [4.78, 5) is 12.1. The lowest BCUT2D eigenvalue weighted by Crippen LogP contribution is -2.19. The maximum Gasteiger partial charge on any atom is 0.230 e. The predicted octanol–water partition coefficient (Wildman–Crippen LogP) is 1.24. The van der Waals surface area contributed by atoms with Crippen LogP contribution in [0.1, 0.15) is 5.56 Å². The molecule has 1 aromatic rings. The van der Waals surface area contributed by atoms with Gasteiger partial charge in [-0.3, -0.25) is 4.79 Å². The van der Waals surface area contributed by atoms with Gasteiger partial charge in [-0.25, -0.2) is 0 Å². The molecule has 1 amide bonds. The Morgan fingerprint density at radius 3 is 2.47 bits per heavy atom. The second kappa shape index (κ2) is 6.48. The van der Waals surface area contributed by atoms with Crippen molar-refractivity contribution in [3.8, 4) is 0 Å². The first kappa shape index (κ1) is 12.1. The van der Waals surface area contributed by atoms with Gasteiger partial charge in [0.05, 0.1) is 5.75 Å². The van der Waals surface area contributed by atoms with Crippen molar-refractivity contribution in [2.45, 2.75) is 11.4 Å². The van der Waals surface area contributed by atoms with E-state index in [1.54, 1.807) is 18.8 Å². The van der Waals surface area contributed by atoms with Crippen LogP contribution in [0.2, 0.25) is 0 Å². The molecular formula is C11H16N2OS. The zero-order chi connectivity index (χ0) is 11.1. The highest BCUT2D eigenvalue weighted by Crippen LogP contribution is 2.17. The standard InChI is InChI=1S/C11H16N2OS/c1-12-7-9-3-5-10(6-4-9)15-8-11(14)13-2/h3-6,12H,7-8H2,1-2H3,(H,13,14). The van der Waals surface area contributed by atoms with Crippen molar-refractivity contribution in [2.24, 2.45) is 0 Å². The smallest absolute Gasteiger partial charge is 0.230 e. The number of hydrogen-bond acceptors (Lipinski definition) is 3. The van der Waals surface area contributed by atoms with Crippen LogP contribution < -0.4 is 10.6 Å². The molecule has 0 aliphatic carbocycles. The van der Waals surface area contributed by atoms with E-state index in [-0.39, 0.29) is 5.91 Å². The van der Waals surface area contributed by atoms with Gasteiger partial charge >= 0.3 is 0 Å². The molecule has 0 aliphatic rings. The molecule has 1 rings (SSSR count). The number of benzene rings is 1. The molecule has 0 atom stereocenters. The van der Waals surface area contributed by atoms with Gasteiger partial charge in [0.15, 0.2) is 0 Å². The topological polar surface area (TPSA) is 41.1 Å². The fourth-order valence-electron chi connectivity index (χ4n) is 1.13. The summed E-state index contributed by atoms with van der Waals surface area (Å²) >= 11 is 1.55. The second-order valence-corrected chi connectivity index (χ2v) is 4.18. The van der Waals surface area contributed by atoms with E-state index in [0.717, 1.165) is 11.4 Å². The van der Waals surface area contributed by atoms with Crippen LogP contribution in [0.3, 0.4) is 0 Å². The van der Waals surface area contributed by atoms with Crippen molar-refractivity contribution < 1.29 is 4.79 Å². The Bertz CT molecular complexity index is 311. The summed E-state index contributed by atoms with van der Waals surface area (Å²) in [6, 6.07) is 8.23. The molecule has 82 valence electrons. The highest BCUT2D eigenvalue weighted by atomic mass is 32.2. The normalized spacial score (nSPS) is 10.0. The molecule has 0 radical (unpaired) electrons. The van der Waals surface area contributed by atoms with Crippen LogP contribution in [0.5, 0.6) is 0 Å². The summed E-state index contributed by atoms with van der Waals surface area (Å²) in [6.07, 6.45) is 0. The summed E-state index contributed by atoms with van der Waals surface area (Å²) in [7, 11) is 3.58. The van der Waals surface area contributed by atoms with Crippen LogP contribution in [0.15, 0.2) is 29.2 Å². The van der Waals surface area contributed by atoms with Crippen molar-refractivity contribution in [3.63, 3.8) is 0 Å². The largest absolute Gasteiger partial charge is 0.358 e. The summed E-state index contributed by atoms with van der Waals surface area (Å²) in [5, 5.41) is 5.69.